The van der Waals surface area contributed by atoms with Gasteiger partial charge in [-0.2, -0.15) is 0 Å². The Balaban J connectivity index is 2.24. The summed E-state index contributed by atoms with van der Waals surface area (Å²) >= 11 is 0. The van der Waals surface area contributed by atoms with Gasteiger partial charge >= 0.3 is 23.9 Å². The smallest absolute Gasteiger partial charge is 0.337 e. The number of ether oxygens (including phenoxy) is 4. The summed E-state index contributed by atoms with van der Waals surface area (Å²) in [5.41, 5.74) is 1.52. The predicted molar refractivity (Wildman–Crippen MR) is 132 cm³/mol. The fourth-order valence-corrected chi connectivity index (χ4v) is 3.89. The molecule has 10 heteroatoms. The number of hydrogen-bond acceptors (Lipinski definition) is 10. The predicted octanol–water partition coefficient (Wildman–Crippen LogP) is 2.01. The van der Waals surface area contributed by atoms with Gasteiger partial charge in [0.05, 0.1) is 29.8 Å². The van der Waals surface area contributed by atoms with Crippen molar-refractivity contribution in [1.29, 1.82) is 0 Å². The molecule has 0 spiro atoms. The molecule has 4 unspecified atom stereocenters. The van der Waals surface area contributed by atoms with Crippen LogP contribution in [0.2, 0.25) is 0 Å². The van der Waals surface area contributed by atoms with E-state index in [1.807, 2.05) is 13.0 Å². The van der Waals surface area contributed by atoms with Crippen LogP contribution in [0.25, 0.3) is 0 Å². The monoisotopic (exact) mass is 518 g/mol. The van der Waals surface area contributed by atoms with Crippen molar-refractivity contribution in [1.82, 2.24) is 0 Å². The SMILES string of the molecule is C=C1C(=O)OC2C=C(C)C(O)CC=C(C)CC(OC(=O)C(=CCO)COC(=O)C(=CC)COC(C)=O)C12. The third-order valence-electron chi connectivity index (χ3n) is 6.09. The first kappa shape index (κ1) is 29.7. The molecule has 1 saturated heterocycles. The van der Waals surface area contributed by atoms with Crippen LogP contribution in [0.5, 0.6) is 0 Å². The quantitative estimate of drug-likeness (QED) is 0.212. The molecule has 0 aromatic carbocycles. The van der Waals surface area contributed by atoms with Crippen LogP contribution in [0.1, 0.15) is 40.5 Å². The Kier molecular flexibility index (Phi) is 11.0. The van der Waals surface area contributed by atoms with Gasteiger partial charge in [-0.25, -0.2) is 14.4 Å². The van der Waals surface area contributed by atoms with E-state index in [1.54, 1.807) is 19.9 Å². The highest BCUT2D eigenvalue weighted by molar-refractivity contribution is 5.93. The summed E-state index contributed by atoms with van der Waals surface area (Å²) in [6.07, 6.45) is 4.21. The van der Waals surface area contributed by atoms with Crippen molar-refractivity contribution >= 4 is 23.9 Å². The molecule has 1 aliphatic carbocycles. The molecular formula is C27H34O10. The third-order valence-corrected chi connectivity index (χ3v) is 6.09. The fourth-order valence-electron chi connectivity index (χ4n) is 3.89. The highest BCUT2D eigenvalue weighted by atomic mass is 16.6. The Morgan fingerprint density at radius 2 is 1.84 bits per heavy atom. The van der Waals surface area contributed by atoms with E-state index in [0.29, 0.717) is 12.0 Å². The topological polar surface area (TPSA) is 146 Å². The number of aliphatic hydroxyl groups is 2. The second-order valence-corrected chi connectivity index (χ2v) is 8.86. The van der Waals surface area contributed by atoms with Gasteiger partial charge in [-0.05, 0) is 44.9 Å². The number of aliphatic hydroxyl groups excluding tert-OH is 2. The number of allylic oxidation sites excluding steroid dienone is 1. The number of rotatable bonds is 8. The molecule has 0 saturated carbocycles. The van der Waals surface area contributed by atoms with Gasteiger partial charge in [0.15, 0.2) is 0 Å². The van der Waals surface area contributed by atoms with Gasteiger partial charge in [-0.3, -0.25) is 4.79 Å². The van der Waals surface area contributed by atoms with Gasteiger partial charge < -0.3 is 29.2 Å². The van der Waals surface area contributed by atoms with Crippen LogP contribution < -0.4 is 0 Å². The molecule has 1 aliphatic heterocycles. The Hall–Kier alpha value is -3.50. The maximum absolute atomic E-state index is 13.1. The molecule has 0 aromatic heterocycles. The van der Waals surface area contributed by atoms with Crippen LogP contribution in [0.4, 0.5) is 0 Å². The van der Waals surface area contributed by atoms with Gasteiger partial charge in [0.25, 0.3) is 0 Å². The van der Waals surface area contributed by atoms with E-state index >= 15 is 0 Å². The standard InChI is InChI=1S/C27H34O10/c1-6-19(13-34-18(5)29)26(32)35-14-20(9-10-28)27(33)37-22-11-15(2)7-8-21(30)16(3)12-23-24(22)17(4)25(31)36-23/h6-7,9,12,21-24,28,30H,4,8,10-11,13-14H2,1-3,5H3. The van der Waals surface area contributed by atoms with Gasteiger partial charge in [0.2, 0.25) is 0 Å². The summed E-state index contributed by atoms with van der Waals surface area (Å²) in [4.78, 5) is 48.8. The largest absolute Gasteiger partial charge is 0.461 e. The van der Waals surface area contributed by atoms with Gasteiger partial charge in [0.1, 0.15) is 25.4 Å². The van der Waals surface area contributed by atoms with Crippen molar-refractivity contribution < 1.29 is 48.3 Å². The molecule has 0 radical (unpaired) electrons. The lowest BCUT2D eigenvalue weighted by molar-refractivity contribution is -0.148. The summed E-state index contributed by atoms with van der Waals surface area (Å²) in [6, 6.07) is 0. The molecule has 2 rings (SSSR count). The average Bonchev–Trinajstić information content (AvgIpc) is 3.11. The zero-order valence-electron chi connectivity index (χ0n) is 21.5. The molecule has 0 amide bonds. The van der Waals surface area contributed by atoms with Crippen molar-refractivity contribution in [3.8, 4) is 0 Å². The molecule has 37 heavy (non-hydrogen) atoms. The highest BCUT2D eigenvalue weighted by Gasteiger charge is 2.44. The van der Waals surface area contributed by atoms with E-state index in [9.17, 15) is 29.4 Å². The van der Waals surface area contributed by atoms with E-state index in [4.69, 9.17) is 18.9 Å². The maximum Gasteiger partial charge on any atom is 0.337 e. The summed E-state index contributed by atoms with van der Waals surface area (Å²) in [7, 11) is 0. The lowest BCUT2D eigenvalue weighted by atomic mass is 9.85. The third kappa shape index (κ3) is 8.26. The average molecular weight is 519 g/mol. The normalized spacial score (nSPS) is 24.8. The van der Waals surface area contributed by atoms with E-state index in [2.05, 4.69) is 6.58 Å². The van der Waals surface area contributed by atoms with Crippen LogP contribution in [0, 0.1) is 5.92 Å². The van der Waals surface area contributed by atoms with Gasteiger partial charge in [-0.1, -0.05) is 24.3 Å². The molecule has 0 aromatic rings. The van der Waals surface area contributed by atoms with Crippen molar-refractivity contribution in [2.45, 2.75) is 58.8 Å². The first-order valence-corrected chi connectivity index (χ1v) is 11.9. The number of hydrogen-bond donors (Lipinski definition) is 2. The van der Waals surface area contributed by atoms with Crippen LogP contribution in [-0.4, -0.2) is 72.2 Å². The molecule has 10 nitrogen and oxygen atoms in total. The van der Waals surface area contributed by atoms with Gasteiger partial charge in [0, 0.05) is 18.9 Å². The summed E-state index contributed by atoms with van der Waals surface area (Å²) in [6.45, 7) is 8.82. The van der Waals surface area contributed by atoms with E-state index in [1.165, 1.54) is 13.0 Å². The molecule has 1 heterocycles. The summed E-state index contributed by atoms with van der Waals surface area (Å²) < 4.78 is 21.2. The molecule has 202 valence electrons. The minimum Gasteiger partial charge on any atom is -0.461 e. The number of fused-ring (bicyclic) bond motifs is 1. The van der Waals surface area contributed by atoms with Crippen LogP contribution in [0.15, 0.2) is 58.7 Å². The fraction of sp³-hybridized carbons (Fsp3) is 0.481. The van der Waals surface area contributed by atoms with Crippen molar-refractivity contribution in [3.05, 3.63) is 58.7 Å². The van der Waals surface area contributed by atoms with Crippen molar-refractivity contribution in [3.63, 3.8) is 0 Å². The van der Waals surface area contributed by atoms with E-state index < -0.39 is 61.3 Å². The summed E-state index contributed by atoms with van der Waals surface area (Å²) in [5, 5.41) is 19.8. The zero-order valence-corrected chi connectivity index (χ0v) is 21.5. The Bertz CT molecular complexity index is 1050. The molecule has 2 N–H and O–H groups in total. The lowest BCUT2D eigenvalue weighted by Crippen LogP contribution is -2.34. The van der Waals surface area contributed by atoms with E-state index in [-0.39, 0.29) is 29.7 Å². The minimum absolute atomic E-state index is 0.0742. The second kappa shape index (κ2) is 13.7. The highest BCUT2D eigenvalue weighted by Crippen LogP contribution is 2.36. The maximum atomic E-state index is 13.1. The van der Waals surface area contributed by atoms with Crippen molar-refractivity contribution in [2.24, 2.45) is 5.92 Å². The molecule has 0 bridgehead atoms. The number of esters is 4. The van der Waals surface area contributed by atoms with Crippen molar-refractivity contribution in [2.75, 3.05) is 19.8 Å². The molecule has 2 aliphatic rings. The lowest BCUT2D eigenvalue weighted by Gasteiger charge is -2.28. The van der Waals surface area contributed by atoms with E-state index in [0.717, 1.165) is 11.6 Å². The van der Waals surface area contributed by atoms with Gasteiger partial charge in [-0.15, -0.1) is 0 Å². The first-order chi connectivity index (χ1) is 17.5. The zero-order chi connectivity index (χ0) is 27.7. The molecular weight excluding hydrogens is 484 g/mol. The molecule has 4 atom stereocenters. The molecule has 1 fully saturated rings. The Morgan fingerprint density at radius 3 is 2.46 bits per heavy atom. The van der Waals surface area contributed by atoms with Crippen LogP contribution in [-0.2, 0) is 38.1 Å². The number of carbonyl (C=O) groups excluding carboxylic acids is 4. The Labute approximate surface area is 215 Å². The number of carbonyl (C=O) groups is 4. The Morgan fingerprint density at radius 1 is 1.16 bits per heavy atom. The first-order valence-electron chi connectivity index (χ1n) is 11.9. The van der Waals surface area contributed by atoms with Crippen LogP contribution in [0.3, 0.4) is 0 Å². The minimum atomic E-state index is -0.861. The van der Waals surface area contributed by atoms with Crippen LogP contribution >= 0.6 is 0 Å². The summed E-state index contributed by atoms with van der Waals surface area (Å²) in [5.74, 6) is -3.57. The second-order valence-electron chi connectivity index (χ2n) is 8.86.